The summed E-state index contributed by atoms with van der Waals surface area (Å²) in [5.74, 6) is -0.309. The van der Waals surface area contributed by atoms with Crippen molar-refractivity contribution in [3.05, 3.63) is 163 Å². The minimum atomic E-state index is -1.57. The maximum Gasteiger partial charge on any atom is 0.129 e. The maximum atomic E-state index is 8.72. The Balaban J connectivity index is 0.000000213. The van der Waals surface area contributed by atoms with Crippen LogP contribution in [0.25, 0.3) is 66.7 Å². The van der Waals surface area contributed by atoms with E-state index in [-0.39, 0.29) is 20.1 Å². The molecule has 5 aromatic carbocycles. The molecule has 3 nitrogen and oxygen atoms in total. The molecule has 0 fully saturated rings. The number of nitrogens with zero attached hydrogens (tertiary/aromatic N) is 2. The van der Waals surface area contributed by atoms with Crippen LogP contribution in [0, 0.1) is 17.5 Å². The predicted octanol–water partition coefficient (Wildman–Crippen LogP) is 14.7. The monoisotopic (exact) mass is 972 g/mol. The minimum Gasteiger partial charge on any atom is -0.500 e. The number of hydrogen-bond donors (Lipinski definition) is 0. The van der Waals surface area contributed by atoms with Crippen molar-refractivity contribution in [1.29, 1.82) is 0 Å². The van der Waals surface area contributed by atoms with Crippen LogP contribution in [-0.4, -0.2) is 18.0 Å². The first-order chi connectivity index (χ1) is 28.8. The van der Waals surface area contributed by atoms with E-state index >= 15 is 0 Å². The third kappa shape index (κ3) is 9.93. The number of furan rings is 1. The van der Waals surface area contributed by atoms with Crippen LogP contribution in [0.15, 0.2) is 138 Å². The normalized spacial score (nSPS) is 13.0. The smallest absolute Gasteiger partial charge is 0.129 e. The number of fused-ring (bicyclic) bond motifs is 3. The summed E-state index contributed by atoms with van der Waals surface area (Å²) in [7, 11) is -1.57. The van der Waals surface area contributed by atoms with Crippen molar-refractivity contribution in [3.8, 4) is 44.8 Å². The third-order valence-electron chi connectivity index (χ3n) is 10.3. The molecule has 8 rings (SSSR count). The number of aromatic nitrogens is 2. The van der Waals surface area contributed by atoms with Crippen molar-refractivity contribution >= 4 is 35.2 Å². The molecule has 3 heterocycles. The van der Waals surface area contributed by atoms with E-state index in [1.54, 1.807) is 12.3 Å². The SMILES string of the molecule is [2H]C(C)(C)c1cc(-c2[c-]ccc(-c3ccccc3)c2)ncc1[Si](C)(C)C.[2H]C([2H])(c1ccnc(-c2[c-]ccc3c2oc2c(-c4ccccc4)c(C(C)C)ccc23)c1)C(C)(C)C.[Ir]. The Morgan fingerprint density at radius 3 is 2.00 bits per heavy atom. The fraction of sp³-hybridized carbons (Fsp3) is 0.259. The summed E-state index contributed by atoms with van der Waals surface area (Å²) < 4.78 is 32.7. The predicted molar refractivity (Wildman–Crippen MR) is 249 cm³/mol. The maximum absolute atomic E-state index is 8.72. The Kier molecular flexibility index (Phi) is 12.1. The van der Waals surface area contributed by atoms with Crippen molar-refractivity contribution in [2.24, 2.45) is 5.41 Å². The van der Waals surface area contributed by atoms with Crippen LogP contribution in [0.4, 0.5) is 0 Å². The fourth-order valence-corrected chi connectivity index (χ4v) is 9.09. The molecule has 0 aliphatic heterocycles. The average Bonchev–Trinajstić information content (AvgIpc) is 3.62. The molecule has 0 bridgehead atoms. The Labute approximate surface area is 371 Å². The van der Waals surface area contributed by atoms with E-state index in [2.05, 4.69) is 117 Å². The Hall–Kier alpha value is -4.93. The van der Waals surface area contributed by atoms with E-state index in [0.717, 1.165) is 61.0 Å². The Bertz CT molecular complexity index is 2820. The van der Waals surface area contributed by atoms with Gasteiger partial charge in [-0.15, -0.1) is 53.6 Å². The minimum absolute atomic E-state index is 0. The summed E-state index contributed by atoms with van der Waals surface area (Å²) in [5.41, 5.74) is 11.8. The van der Waals surface area contributed by atoms with Crippen molar-refractivity contribution < 1.29 is 28.6 Å². The van der Waals surface area contributed by atoms with Gasteiger partial charge in [0.2, 0.25) is 0 Å². The van der Waals surface area contributed by atoms with Gasteiger partial charge in [0, 0.05) is 47.6 Å². The zero-order valence-electron chi connectivity index (χ0n) is 38.9. The van der Waals surface area contributed by atoms with E-state index in [1.165, 1.54) is 16.3 Å². The van der Waals surface area contributed by atoms with Crippen molar-refractivity contribution in [2.75, 3.05) is 0 Å². The second-order valence-corrected chi connectivity index (χ2v) is 22.7. The molecule has 0 aliphatic carbocycles. The molecule has 0 spiro atoms. The quantitative estimate of drug-likeness (QED) is 0.112. The molecule has 8 aromatic rings. The largest absolute Gasteiger partial charge is 0.500 e. The zero-order chi connectivity index (χ0) is 43.9. The molecule has 0 N–H and O–H groups in total. The van der Waals surface area contributed by atoms with Crippen molar-refractivity contribution in [1.82, 2.24) is 9.97 Å². The second kappa shape index (κ2) is 18.1. The van der Waals surface area contributed by atoms with E-state index in [0.29, 0.717) is 17.2 Å². The summed E-state index contributed by atoms with van der Waals surface area (Å²) in [6, 6.07) is 47.5. The van der Waals surface area contributed by atoms with Gasteiger partial charge in [-0.2, -0.15) is 0 Å². The summed E-state index contributed by atoms with van der Waals surface area (Å²) >= 11 is 0. The van der Waals surface area contributed by atoms with Gasteiger partial charge in [0.15, 0.2) is 0 Å². The Morgan fingerprint density at radius 1 is 0.695 bits per heavy atom. The summed E-state index contributed by atoms with van der Waals surface area (Å²) in [5, 5.41) is 3.33. The van der Waals surface area contributed by atoms with Crippen molar-refractivity contribution in [2.45, 2.75) is 86.3 Å². The number of benzene rings is 5. The number of hydrogen-bond acceptors (Lipinski definition) is 3. The van der Waals surface area contributed by atoms with E-state index < -0.39 is 25.8 Å². The molecule has 303 valence electrons. The van der Waals surface area contributed by atoms with Gasteiger partial charge in [-0.05, 0) is 62.9 Å². The molecule has 1 radical (unpaired) electrons. The number of pyridine rings is 2. The van der Waals surface area contributed by atoms with Crippen LogP contribution in [0.3, 0.4) is 0 Å². The van der Waals surface area contributed by atoms with E-state index in [4.69, 9.17) is 13.5 Å². The average molecular weight is 972 g/mol. The second-order valence-electron chi connectivity index (χ2n) is 17.7. The third-order valence-corrected chi connectivity index (χ3v) is 12.3. The van der Waals surface area contributed by atoms with Crippen LogP contribution in [0.5, 0.6) is 0 Å². The summed E-state index contributed by atoms with van der Waals surface area (Å²) in [6.45, 7) is 21.0. The molecule has 3 aromatic heterocycles. The van der Waals surface area contributed by atoms with Gasteiger partial charge in [0.05, 0.1) is 13.7 Å². The van der Waals surface area contributed by atoms with Gasteiger partial charge < -0.3 is 14.4 Å². The standard InChI is InChI=1S/C31H30NO.C23H26NSi.Ir/c1-20(2)23-14-15-25-24-12-9-13-26(27-18-21(16-17-32-27)19-31(3,4)5)29(24)33-30(25)28(23)22-10-7-6-8-11-22;1-17(2)21-15-22(24-16-23(21)25(3,4)5)20-13-9-12-19(14-20)18-10-7-6-8-11-18;/h6-12,14-18,20H,19H2,1-5H3;6-12,14-17H,1-5H3;/q2*-1;/i19D2;17D;. The van der Waals surface area contributed by atoms with Gasteiger partial charge in [0.25, 0.3) is 0 Å². The molecule has 0 saturated heterocycles. The molecule has 0 aliphatic rings. The topological polar surface area (TPSA) is 38.9 Å². The molecular formula is C54H56IrN2OSi-2. The van der Waals surface area contributed by atoms with Gasteiger partial charge in [0.1, 0.15) is 5.58 Å². The van der Waals surface area contributed by atoms with Gasteiger partial charge in [-0.25, -0.2) is 0 Å². The first-order valence-electron chi connectivity index (χ1n) is 21.8. The van der Waals surface area contributed by atoms with Crippen LogP contribution in [0.2, 0.25) is 19.6 Å². The first kappa shape index (κ1) is 39.5. The molecule has 0 saturated carbocycles. The summed E-state index contributed by atoms with van der Waals surface area (Å²) in [6.07, 6.45) is 2.16. The molecule has 5 heteroatoms. The molecular weight excluding hydrogens is 913 g/mol. The van der Waals surface area contributed by atoms with Gasteiger partial charge >= 0.3 is 0 Å². The van der Waals surface area contributed by atoms with Crippen LogP contribution in [-0.2, 0) is 26.5 Å². The van der Waals surface area contributed by atoms with Gasteiger partial charge in [-0.1, -0.05) is 175 Å². The first-order valence-corrected chi connectivity index (χ1v) is 23.8. The van der Waals surface area contributed by atoms with Crippen LogP contribution < -0.4 is 5.19 Å². The number of rotatable bonds is 8. The molecule has 0 amide bonds. The molecule has 0 unspecified atom stereocenters. The van der Waals surface area contributed by atoms with Crippen LogP contribution in [0.1, 0.15) is 81.1 Å². The van der Waals surface area contributed by atoms with Crippen LogP contribution >= 0.6 is 0 Å². The fourth-order valence-electron chi connectivity index (χ4n) is 7.51. The van der Waals surface area contributed by atoms with E-state index in [1.807, 2.05) is 89.3 Å². The Morgan fingerprint density at radius 2 is 1.36 bits per heavy atom. The van der Waals surface area contributed by atoms with Gasteiger partial charge in [-0.3, -0.25) is 0 Å². The zero-order valence-corrected chi connectivity index (χ0v) is 39.3. The van der Waals surface area contributed by atoms with Crippen molar-refractivity contribution in [3.63, 3.8) is 0 Å². The molecule has 59 heavy (non-hydrogen) atoms. The summed E-state index contributed by atoms with van der Waals surface area (Å²) in [4.78, 5) is 9.34. The molecule has 0 atom stereocenters. The van der Waals surface area contributed by atoms with E-state index in [9.17, 15) is 0 Å².